The molecule has 1 aromatic carbocycles. The summed E-state index contributed by atoms with van der Waals surface area (Å²) in [5.41, 5.74) is 5.11. The number of anilines is 3. The summed E-state index contributed by atoms with van der Waals surface area (Å²) in [6, 6.07) is 11.1. The zero-order chi connectivity index (χ0) is 23.5. The molecule has 9 heteroatoms. The van der Waals surface area contributed by atoms with Gasteiger partial charge in [0.1, 0.15) is 11.9 Å². The van der Waals surface area contributed by atoms with Crippen molar-refractivity contribution in [1.29, 1.82) is 5.26 Å². The van der Waals surface area contributed by atoms with Crippen molar-refractivity contribution in [1.82, 2.24) is 14.8 Å². The maximum atomic E-state index is 12.6. The smallest absolute Gasteiger partial charge is 0.249 e. The molecular weight excluding hydrogens is 418 g/mol. The molecule has 0 aliphatic carbocycles. The zero-order valence-electron chi connectivity index (χ0n) is 19.2. The highest BCUT2D eigenvalue weighted by Crippen LogP contribution is 2.36. The molecule has 0 fully saturated rings. The number of carbonyl (C=O) groups is 1. The summed E-state index contributed by atoms with van der Waals surface area (Å²) in [7, 11) is 3.50. The number of rotatable bonds is 7. The van der Waals surface area contributed by atoms with Crippen LogP contribution in [0, 0.1) is 18.3 Å². The minimum Gasteiger partial charge on any atom is -0.379 e. The second kappa shape index (κ2) is 9.30. The Balaban J connectivity index is 1.45. The van der Waals surface area contributed by atoms with Gasteiger partial charge in [-0.05, 0) is 31.5 Å². The average molecular weight is 446 g/mol. The Bertz CT molecular complexity index is 1200. The normalized spacial score (nSPS) is 16.0. The third-order valence-electron chi connectivity index (χ3n) is 5.90. The first-order valence-electron chi connectivity index (χ1n) is 10.7. The molecule has 3 heterocycles. The first kappa shape index (κ1) is 22.3. The summed E-state index contributed by atoms with van der Waals surface area (Å²) in [6.07, 6.45) is 3.55. The second-order valence-electron chi connectivity index (χ2n) is 8.18. The van der Waals surface area contributed by atoms with Crippen LogP contribution >= 0.6 is 0 Å². The van der Waals surface area contributed by atoms with Crippen molar-refractivity contribution in [3.63, 3.8) is 0 Å². The first-order valence-corrected chi connectivity index (χ1v) is 10.7. The number of carbonyl (C=O) groups excluding carboxylic acids is 1. The summed E-state index contributed by atoms with van der Waals surface area (Å²) in [6.45, 7) is 4.96. The molecule has 1 aliphatic rings. The minimum atomic E-state index is -0.419. The van der Waals surface area contributed by atoms with Gasteiger partial charge in [0.15, 0.2) is 0 Å². The van der Waals surface area contributed by atoms with E-state index in [0.717, 1.165) is 34.0 Å². The van der Waals surface area contributed by atoms with Crippen molar-refractivity contribution >= 4 is 23.1 Å². The van der Waals surface area contributed by atoms with Gasteiger partial charge in [-0.15, -0.1) is 0 Å². The number of nitrogens with one attached hydrogen (secondary N) is 2. The topological polar surface area (TPSA) is 108 Å². The highest BCUT2D eigenvalue weighted by Gasteiger charge is 2.36. The van der Waals surface area contributed by atoms with Crippen LogP contribution in [0.4, 0.5) is 17.2 Å². The molecule has 1 amide bonds. The van der Waals surface area contributed by atoms with Gasteiger partial charge in [-0.3, -0.25) is 9.48 Å². The molecule has 0 saturated heterocycles. The third-order valence-corrected chi connectivity index (χ3v) is 5.90. The van der Waals surface area contributed by atoms with E-state index in [0.29, 0.717) is 18.7 Å². The average Bonchev–Trinajstić information content (AvgIpc) is 3.26. The van der Waals surface area contributed by atoms with Crippen LogP contribution in [-0.4, -0.2) is 47.0 Å². The fourth-order valence-electron chi connectivity index (χ4n) is 4.01. The molecule has 2 aromatic heterocycles. The van der Waals surface area contributed by atoms with E-state index in [1.165, 1.54) is 0 Å². The largest absolute Gasteiger partial charge is 0.379 e. The number of methoxy groups -OCH3 is 1. The van der Waals surface area contributed by atoms with Gasteiger partial charge < -0.3 is 20.3 Å². The minimum absolute atomic E-state index is 0.0976. The molecule has 0 saturated carbocycles. The molecular formula is C24H27N7O2. The number of benzene rings is 1. The Morgan fingerprint density at radius 2 is 2.06 bits per heavy atom. The quantitative estimate of drug-likeness (QED) is 0.576. The molecule has 0 unspecified atom stereocenters. The lowest BCUT2D eigenvalue weighted by Crippen LogP contribution is -2.52. The molecule has 0 radical (unpaired) electrons. The number of likely N-dealkylation sites (N-methyl/N-ethyl adjacent to an activating group) is 1. The van der Waals surface area contributed by atoms with Crippen molar-refractivity contribution in [3.05, 3.63) is 65.1 Å². The van der Waals surface area contributed by atoms with Crippen LogP contribution < -0.4 is 15.5 Å². The molecule has 2 atom stereocenters. The SMILES string of the molecule is CO[C@H](C)[C@H]1C(=O)Nc2c(cc(NCc3cnn(Cc4ccc(C#N)cc4)c3)nc2C)N1C. The molecule has 2 N–H and O–H groups in total. The van der Waals surface area contributed by atoms with E-state index in [2.05, 4.69) is 26.8 Å². The molecule has 0 spiro atoms. The van der Waals surface area contributed by atoms with E-state index in [9.17, 15) is 4.79 Å². The van der Waals surface area contributed by atoms with Crippen LogP contribution in [0.15, 0.2) is 42.7 Å². The van der Waals surface area contributed by atoms with Gasteiger partial charge in [0.25, 0.3) is 0 Å². The number of hydrogen-bond acceptors (Lipinski definition) is 7. The number of ether oxygens (including phenoxy) is 1. The number of hydrogen-bond donors (Lipinski definition) is 2. The van der Waals surface area contributed by atoms with E-state index in [1.807, 2.05) is 73.2 Å². The van der Waals surface area contributed by atoms with Crippen molar-refractivity contribution in [2.75, 3.05) is 29.7 Å². The van der Waals surface area contributed by atoms with Gasteiger partial charge in [0.2, 0.25) is 5.91 Å². The molecule has 1 aliphatic heterocycles. The second-order valence-corrected chi connectivity index (χ2v) is 8.18. The molecule has 0 bridgehead atoms. The standard InChI is InChI=1S/C24H27N7O2/c1-15-22-20(30(3)23(16(2)33-4)24(32)29-22)9-21(28-15)26-11-19-12-27-31(14-19)13-18-7-5-17(10-25)6-8-18/h5-9,12,14,16,23H,11,13H2,1-4H3,(H,26,28)(H,29,32)/t16-,23+/m1/s1. The Kier molecular flexibility index (Phi) is 6.29. The zero-order valence-corrected chi connectivity index (χ0v) is 19.2. The van der Waals surface area contributed by atoms with Gasteiger partial charge >= 0.3 is 0 Å². The van der Waals surface area contributed by atoms with Crippen LogP contribution in [0.2, 0.25) is 0 Å². The number of aryl methyl sites for hydroxylation is 1. The van der Waals surface area contributed by atoms with Gasteiger partial charge in [-0.25, -0.2) is 4.98 Å². The summed E-state index contributed by atoms with van der Waals surface area (Å²) in [5.74, 6) is 0.623. The van der Waals surface area contributed by atoms with Gasteiger partial charge in [0, 0.05) is 38.5 Å². The summed E-state index contributed by atoms with van der Waals surface area (Å²) in [5, 5.41) is 19.7. The fourth-order valence-corrected chi connectivity index (χ4v) is 4.01. The summed E-state index contributed by atoms with van der Waals surface area (Å²) in [4.78, 5) is 19.1. The maximum absolute atomic E-state index is 12.6. The monoisotopic (exact) mass is 445 g/mol. The highest BCUT2D eigenvalue weighted by molar-refractivity contribution is 6.04. The van der Waals surface area contributed by atoms with E-state index >= 15 is 0 Å². The van der Waals surface area contributed by atoms with E-state index in [4.69, 9.17) is 10.00 Å². The number of nitrogens with zero attached hydrogens (tertiary/aromatic N) is 5. The number of nitriles is 1. The number of amides is 1. The lowest BCUT2D eigenvalue weighted by atomic mass is 10.0. The van der Waals surface area contributed by atoms with Crippen molar-refractivity contribution < 1.29 is 9.53 Å². The van der Waals surface area contributed by atoms with Crippen LogP contribution in [0.1, 0.15) is 29.3 Å². The van der Waals surface area contributed by atoms with Gasteiger partial charge in [0.05, 0.1) is 47.5 Å². The Hall–Kier alpha value is -3.90. The van der Waals surface area contributed by atoms with Crippen LogP contribution in [0.3, 0.4) is 0 Å². The maximum Gasteiger partial charge on any atom is 0.249 e. The molecule has 9 nitrogen and oxygen atoms in total. The lowest BCUT2D eigenvalue weighted by Gasteiger charge is -2.38. The summed E-state index contributed by atoms with van der Waals surface area (Å²) >= 11 is 0. The molecule has 4 rings (SSSR count). The highest BCUT2D eigenvalue weighted by atomic mass is 16.5. The van der Waals surface area contributed by atoms with Gasteiger partial charge in [-0.1, -0.05) is 12.1 Å². The van der Waals surface area contributed by atoms with Crippen LogP contribution in [0.5, 0.6) is 0 Å². The van der Waals surface area contributed by atoms with Crippen molar-refractivity contribution in [2.45, 2.75) is 39.1 Å². The molecule has 170 valence electrons. The number of aromatic nitrogens is 3. The van der Waals surface area contributed by atoms with Crippen molar-refractivity contribution in [3.8, 4) is 6.07 Å². The lowest BCUT2D eigenvalue weighted by molar-refractivity contribution is -0.120. The predicted molar refractivity (Wildman–Crippen MR) is 126 cm³/mol. The predicted octanol–water partition coefficient (Wildman–Crippen LogP) is 2.91. The Morgan fingerprint density at radius 1 is 1.30 bits per heavy atom. The van der Waals surface area contributed by atoms with Crippen LogP contribution in [-0.2, 0) is 22.6 Å². The molecule has 33 heavy (non-hydrogen) atoms. The Morgan fingerprint density at radius 3 is 2.76 bits per heavy atom. The van der Waals surface area contributed by atoms with Crippen molar-refractivity contribution in [2.24, 2.45) is 0 Å². The van der Waals surface area contributed by atoms with Gasteiger partial charge in [-0.2, -0.15) is 10.4 Å². The number of pyridine rings is 1. The van der Waals surface area contributed by atoms with E-state index < -0.39 is 6.04 Å². The fraction of sp³-hybridized carbons (Fsp3) is 0.333. The number of fused-ring (bicyclic) bond motifs is 1. The third kappa shape index (κ3) is 4.66. The van der Waals surface area contributed by atoms with Crippen LogP contribution in [0.25, 0.3) is 0 Å². The Labute approximate surface area is 193 Å². The first-order chi connectivity index (χ1) is 15.9. The van der Waals surface area contributed by atoms with E-state index in [-0.39, 0.29) is 12.0 Å². The molecule has 3 aromatic rings. The van der Waals surface area contributed by atoms with E-state index in [1.54, 1.807) is 7.11 Å². The summed E-state index contributed by atoms with van der Waals surface area (Å²) < 4.78 is 7.28.